The Morgan fingerprint density at radius 3 is 2.47 bits per heavy atom. The molecular formula is C28H34N4O4. The van der Waals surface area contributed by atoms with Crippen LogP contribution in [0.15, 0.2) is 79.0 Å². The molecule has 0 saturated heterocycles. The molecule has 190 valence electrons. The van der Waals surface area contributed by atoms with Crippen LogP contribution in [0.5, 0.6) is 0 Å². The first kappa shape index (κ1) is 26.7. The molecule has 2 amide bonds. The topological polar surface area (TPSA) is 95.8 Å². The normalized spacial score (nSPS) is 13.3. The Hall–Kier alpha value is -3.94. The van der Waals surface area contributed by atoms with Gasteiger partial charge < -0.3 is 15.1 Å². The molecule has 1 N–H and O–H groups in total. The van der Waals surface area contributed by atoms with E-state index in [0.29, 0.717) is 31.5 Å². The average Bonchev–Trinajstić information content (AvgIpc) is 2.91. The number of benzene rings is 2. The summed E-state index contributed by atoms with van der Waals surface area (Å²) in [7, 11) is 0. The van der Waals surface area contributed by atoms with Gasteiger partial charge in [0.2, 0.25) is 11.8 Å². The zero-order valence-electron chi connectivity index (χ0n) is 20.7. The van der Waals surface area contributed by atoms with Gasteiger partial charge in [-0.3, -0.25) is 19.7 Å². The van der Waals surface area contributed by atoms with Crippen molar-refractivity contribution in [2.75, 3.05) is 19.6 Å². The lowest BCUT2D eigenvalue weighted by Gasteiger charge is -2.32. The lowest BCUT2D eigenvalue weighted by molar-refractivity contribution is -0.384. The maximum absolute atomic E-state index is 13.5. The van der Waals surface area contributed by atoms with E-state index in [9.17, 15) is 19.7 Å². The smallest absolute Gasteiger partial charge is 0.269 e. The highest BCUT2D eigenvalue weighted by Gasteiger charge is 2.31. The zero-order valence-corrected chi connectivity index (χ0v) is 20.7. The fourth-order valence-electron chi connectivity index (χ4n) is 4.11. The Labute approximate surface area is 212 Å². The maximum Gasteiger partial charge on any atom is 0.269 e. The number of amides is 2. The Morgan fingerprint density at radius 1 is 1.08 bits per heavy atom. The van der Waals surface area contributed by atoms with Crippen LogP contribution in [0.2, 0.25) is 0 Å². The van der Waals surface area contributed by atoms with Crippen LogP contribution in [-0.2, 0) is 16.1 Å². The molecule has 0 aromatic heterocycles. The molecule has 1 unspecified atom stereocenters. The summed E-state index contributed by atoms with van der Waals surface area (Å²) in [6.45, 7) is 4.36. The molecule has 8 heteroatoms. The number of hydrogen-bond acceptors (Lipinski definition) is 5. The van der Waals surface area contributed by atoms with Gasteiger partial charge in [0.15, 0.2) is 0 Å². The number of unbranched alkanes of at least 4 members (excludes halogenated alkanes) is 1. The zero-order chi connectivity index (χ0) is 25.8. The number of rotatable bonds is 13. The Kier molecular flexibility index (Phi) is 10.2. The lowest BCUT2D eigenvalue weighted by atomic mass is 10.0. The van der Waals surface area contributed by atoms with Gasteiger partial charge in [0.1, 0.15) is 6.04 Å². The quantitative estimate of drug-likeness (QED) is 0.323. The van der Waals surface area contributed by atoms with Crippen LogP contribution in [0.3, 0.4) is 0 Å². The molecule has 0 spiro atoms. The van der Waals surface area contributed by atoms with Gasteiger partial charge in [-0.05, 0) is 48.4 Å². The number of nitrogens with one attached hydrogen (secondary N) is 1. The molecule has 0 saturated carbocycles. The van der Waals surface area contributed by atoms with Crippen LogP contribution in [0.1, 0.15) is 49.8 Å². The summed E-state index contributed by atoms with van der Waals surface area (Å²) in [6.07, 6.45) is 10.6. The fourth-order valence-corrected chi connectivity index (χ4v) is 4.11. The van der Waals surface area contributed by atoms with Gasteiger partial charge in [0.25, 0.3) is 5.69 Å². The molecule has 0 aliphatic carbocycles. The largest absolute Gasteiger partial charge is 0.374 e. The van der Waals surface area contributed by atoms with E-state index >= 15 is 0 Å². The minimum absolute atomic E-state index is 0.0581. The Balaban J connectivity index is 1.79. The highest BCUT2D eigenvalue weighted by Crippen LogP contribution is 2.26. The molecule has 1 atom stereocenters. The summed E-state index contributed by atoms with van der Waals surface area (Å²) in [5.74, 6) is -0.403. The van der Waals surface area contributed by atoms with Crippen molar-refractivity contribution >= 4 is 17.5 Å². The monoisotopic (exact) mass is 490 g/mol. The number of carbonyl (C=O) groups excluding carboxylic acids is 2. The number of non-ortho nitro benzene ring substituents is 1. The molecule has 0 fully saturated rings. The Bertz CT molecular complexity index is 1070. The first-order valence-electron chi connectivity index (χ1n) is 12.4. The third kappa shape index (κ3) is 7.80. The first-order chi connectivity index (χ1) is 17.5. The molecule has 1 aliphatic heterocycles. The van der Waals surface area contributed by atoms with E-state index in [0.717, 1.165) is 31.5 Å². The number of nitro groups is 1. The molecule has 36 heavy (non-hydrogen) atoms. The van der Waals surface area contributed by atoms with E-state index in [1.165, 1.54) is 12.1 Å². The van der Waals surface area contributed by atoms with Crippen LogP contribution >= 0.6 is 0 Å². The summed E-state index contributed by atoms with van der Waals surface area (Å²) in [5, 5.41) is 14.1. The van der Waals surface area contributed by atoms with Crippen molar-refractivity contribution in [3.63, 3.8) is 0 Å². The second-order valence-electron chi connectivity index (χ2n) is 8.76. The van der Waals surface area contributed by atoms with Crippen molar-refractivity contribution in [3.8, 4) is 0 Å². The summed E-state index contributed by atoms with van der Waals surface area (Å²) < 4.78 is 0. The fraction of sp³-hybridized carbons (Fsp3) is 0.357. The van der Waals surface area contributed by atoms with Gasteiger partial charge in [-0.15, -0.1) is 0 Å². The van der Waals surface area contributed by atoms with Crippen molar-refractivity contribution in [1.29, 1.82) is 0 Å². The molecular weight excluding hydrogens is 456 g/mol. The predicted octanol–water partition coefficient (Wildman–Crippen LogP) is 4.75. The molecule has 8 nitrogen and oxygen atoms in total. The van der Waals surface area contributed by atoms with Crippen LogP contribution in [0, 0.1) is 10.1 Å². The highest BCUT2D eigenvalue weighted by molar-refractivity contribution is 5.88. The standard InChI is InChI=1S/C28H34N4O4/c1-2-3-21-31(26(33)13-10-20-30-18-8-5-9-19-30)27(24-14-16-25(17-15-24)32(35)36)28(34)29-22-23-11-6-4-7-12-23/h4-9,11-12,14-18,27H,2-3,10,13,19-22H2,1H3,(H,29,34). The molecule has 1 aliphatic rings. The third-order valence-corrected chi connectivity index (χ3v) is 6.08. The molecule has 1 heterocycles. The SMILES string of the molecule is CCCCN(C(=O)CCCN1C=CC=CC1)C(C(=O)NCc1ccccc1)c1ccc([N+](=O)[O-])cc1. The number of nitrogens with zero attached hydrogens (tertiary/aromatic N) is 3. The summed E-state index contributed by atoms with van der Waals surface area (Å²) >= 11 is 0. The van der Waals surface area contributed by atoms with Crippen LogP contribution in [0.25, 0.3) is 0 Å². The van der Waals surface area contributed by atoms with Gasteiger partial charge in [-0.2, -0.15) is 0 Å². The second kappa shape index (κ2) is 13.8. The Morgan fingerprint density at radius 2 is 1.83 bits per heavy atom. The van der Waals surface area contributed by atoms with Gasteiger partial charge in [-0.1, -0.05) is 55.8 Å². The van der Waals surface area contributed by atoms with Gasteiger partial charge in [0.05, 0.1) is 4.92 Å². The summed E-state index contributed by atoms with van der Waals surface area (Å²) in [6, 6.07) is 14.6. The van der Waals surface area contributed by atoms with E-state index in [4.69, 9.17) is 0 Å². The number of hydrogen-bond donors (Lipinski definition) is 1. The van der Waals surface area contributed by atoms with Gasteiger partial charge >= 0.3 is 0 Å². The average molecular weight is 491 g/mol. The van der Waals surface area contributed by atoms with Gasteiger partial charge in [0, 0.05) is 44.7 Å². The van der Waals surface area contributed by atoms with E-state index in [1.54, 1.807) is 17.0 Å². The van der Waals surface area contributed by atoms with Crippen molar-refractivity contribution in [2.45, 2.75) is 45.2 Å². The van der Waals surface area contributed by atoms with Crippen molar-refractivity contribution < 1.29 is 14.5 Å². The molecule has 3 rings (SSSR count). The first-order valence-corrected chi connectivity index (χ1v) is 12.4. The van der Waals surface area contributed by atoms with Gasteiger partial charge in [-0.25, -0.2) is 0 Å². The number of carbonyl (C=O) groups is 2. The molecule has 0 radical (unpaired) electrons. The van der Waals surface area contributed by atoms with Crippen LogP contribution < -0.4 is 5.32 Å². The summed E-state index contributed by atoms with van der Waals surface area (Å²) in [5.41, 5.74) is 1.44. The van der Waals surface area contributed by atoms with E-state index in [2.05, 4.69) is 16.3 Å². The predicted molar refractivity (Wildman–Crippen MR) is 140 cm³/mol. The van der Waals surface area contributed by atoms with E-state index in [-0.39, 0.29) is 17.5 Å². The van der Waals surface area contributed by atoms with Crippen LogP contribution in [0.4, 0.5) is 5.69 Å². The lowest BCUT2D eigenvalue weighted by Crippen LogP contribution is -2.44. The third-order valence-electron chi connectivity index (χ3n) is 6.08. The molecule has 2 aromatic rings. The van der Waals surface area contributed by atoms with Crippen LogP contribution in [-0.4, -0.2) is 46.2 Å². The van der Waals surface area contributed by atoms with E-state index < -0.39 is 11.0 Å². The van der Waals surface area contributed by atoms with Crippen molar-refractivity contribution in [3.05, 3.63) is 100 Å². The molecule has 2 aromatic carbocycles. The second-order valence-corrected chi connectivity index (χ2v) is 8.76. The maximum atomic E-state index is 13.5. The van der Waals surface area contributed by atoms with Crippen molar-refractivity contribution in [2.24, 2.45) is 0 Å². The molecule has 0 bridgehead atoms. The minimum atomic E-state index is -0.869. The minimum Gasteiger partial charge on any atom is -0.374 e. The van der Waals surface area contributed by atoms with Crippen molar-refractivity contribution in [1.82, 2.24) is 15.1 Å². The summed E-state index contributed by atoms with van der Waals surface area (Å²) in [4.78, 5) is 41.4. The van der Waals surface area contributed by atoms with E-state index in [1.807, 2.05) is 55.6 Å². The number of nitro benzene ring substituents is 1. The highest BCUT2D eigenvalue weighted by atomic mass is 16.6. The number of allylic oxidation sites excluding steroid dienone is 2.